The molecule has 1 aromatic heterocycles. The zero-order valence-electron chi connectivity index (χ0n) is 15.5. The molecule has 0 unspecified atom stereocenters. The van der Waals surface area contributed by atoms with Crippen molar-refractivity contribution in [3.05, 3.63) is 65.9 Å². The molecule has 0 radical (unpaired) electrons. The average molecular weight is 361 g/mol. The number of benzene rings is 2. The summed E-state index contributed by atoms with van der Waals surface area (Å²) in [4.78, 5) is 24.7. The third-order valence-electron chi connectivity index (χ3n) is 4.93. The van der Waals surface area contributed by atoms with Crippen molar-refractivity contribution >= 4 is 28.4 Å². The molecule has 1 aliphatic heterocycles. The van der Waals surface area contributed by atoms with Gasteiger partial charge in [0.1, 0.15) is 0 Å². The molecule has 0 spiro atoms. The van der Waals surface area contributed by atoms with Crippen molar-refractivity contribution in [2.24, 2.45) is 5.92 Å². The maximum atomic E-state index is 12.6. The molecule has 0 saturated carbocycles. The molecular formula is C22H23N3O2. The third kappa shape index (κ3) is 3.33. The third-order valence-corrected chi connectivity index (χ3v) is 4.93. The summed E-state index contributed by atoms with van der Waals surface area (Å²) < 4.78 is 2.21. The molecule has 138 valence electrons. The Labute approximate surface area is 158 Å². The number of rotatable bonds is 5. The Morgan fingerprint density at radius 1 is 1.15 bits per heavy atom. The number of anilines is 1. The van der Waals surface area contributed by atoms with Crippen molar-refractivity contribution in [1.82, 2.24) is 9.88 Å². The molecule has 2 heterocycles. The summed E-state index contributed by atoms with van der Waals surface area (Å²) in [5, 5.41) is 6.95. The highest BCUT2D eigenvalue weighted by atomic mass is 16.2. The quantitative estimate of drug-likeness (QED) is 0.718. The van der Waals surface area contributed by atoms with Crippen molar-refractivity contribution in [3.8, 4) is 0 Å². The van der Waals surface area contributed by atoms with Gasteiger partial charge in [0.2, 0.25) is 5.91 Å². The maximum Gasteiger partial charge on any atom is 0.252 e. The number of nitrogens with one attached hydrogen (secondary N) is 2. The number of hydrogen-bond donors (Lipinski definition) is 2. The summed E-state index contributed by atoms with van der Waals surface area (Å²) in [5.74, 6) is 0.322. The fourth-order valence-electron chi connectivity index (χ4n) is 3.75. The van der Waals surface area contributed by atoms with Crippen LogP contribution in [-0.2, 0) is 11.3 Å². The second-order valence-electron chi connectivity index (χ2n) is 7.47. The first-order valence-corrected chi connectivity index (χ1v) is 9.30. The van der Waals surface area contributed by atoms with Gasteiger partial charge < -0.3 is 15.2 Å². The maximum absolute atomic E-state index is 12.6. The molecule has 1 aliphatic rings. The summed E-state index contributed by atoms with van der Waals surface area (Å²) in [7, 11) is 0. The topological polar surface area (TPSA) is 63.1 Å². The second-order valence-corrected chi connectivity index (χ2v) is 7.47. The van der Waals surface area contributed by atoms with E-state index in [0.29, 0.717) is 11.5 Å². The van der Waals surface area contributed by atoms with Crippen LogP contribution in [0.15, 0.2) is 54.7 Å². The van der Waals surface area contributed by atoms with E-state index in [1.54, 1.807) is 6.07 Å². The van der Waals surface area contributed by atoms with E-state index >= 15 is 0 Å². The zero-order chi connectivity index (χ0) is 19.0. The molecule has 2 N–H and O–H groups in total. The molecule has 27 heavy (non-hydrogen) atoms. The Bertz CT molecular complexity index is 1020. The molecule has 0 saturated heterocycles. The van der Waals surface area contributed by atoms with Gasteiger partial charge in [-0.25, -0.2) is 0 Å². The number of fused-ring (bicyclic) bond motifs is 2. The summed E-state index contributed by atoms with van der Waals surface area (Å²) in [5.41, 5.74) is 3.46. The molecule has 2 aromatic carbocycles. The molecule has 0 bridgehead atoms. The van der Waals surface area contributed by atoms with Gasteiger partial charge in [0.05, 0.1) is 23.7 Å². The van der Waals surface area contributed by atoms with E-state index in [1.807, 2.05) is 36.4 Å². The molecular weight excluding hydrogens is 338 g/mol. The summed E-state index contributed by atoms with van der Waals surface area (Å²) in [6, 6.07) is 15.1. The predicted molar refractivity (Wildman–Crippen MR) is 107 cm³/mol. The van der Waals surface area contributed by atoms with E-state index in [0.717, 1.165) is 28.7 Å². The highest BCUT2D eigenvalue weighted by Gasteiger charge is 2.29. The Balaban J connectivity index is 1.52. The number of aromatic nitrogens is 1. The summed E-state index contributed by atoms with van der Waals surface area (Å²) in [6.07, 6.45) is 2.28. The minimum absolute atomic E-state index is 0.110. The van der Waals surface area contributed by atoms with Gasteiger partial charge >= 0.3 is 0 Å². The first kappa shape index (κ1) is 17.3. The highest BCUT2D eigenvalue weighted by molar-refractivity contribution is 6.03. The van der Waals surface area contributed by atoms with Crippen LogP contribution in [0.2, 0.25) is 0 Å². The highest BCUT2D eigenvalue weighted by Crippen LogP contribution is 2.29. The minimum Gasteiger partial charge on any atom is -0.347 e. The van der Waals surface area contributed by atoms with Crippen LogP contribution in [-0.4, -0.2) is 16.4 Å². The lowest BCUT2D eigenvalue weighted by Gasteiger charge is -2.13. The molecule has 3 aromatic rings. The average Bonchev–Trinajstić information content (AvgIpc) is 3.17. The van der Waals surface area contributed by atoms with E-state index in [9.17, 15) is 9.59 Å². The van der Waals surface area contributed by atoms with Crippen LogP contribution < -0.4 is 10.6 Å². The van der Waals surface area contributed by atoms with Crippen LogP contribution in [0.1, 0.15) is 42.2 Å². The van der Waals surface area contributed by atoms with Gasteiger partial charge in [0, 0.05) is 23.7 Å². The monoisotopic (exact) mass is 361 g/mol. The van der Waals surface area contributed by atoms with Crippen molar-refractivity contribution in [3.63, 3.8) is 0 Å². The van der Waals surface area contributed by atoms with Crippen molar-refractivity contribution in [2.75, 3.05) is 5.32 Å². The molecule has 2 amide bonds. The van der Waals surface area contributed by atoms with Crippen LogP contribution in [0.4, 0.5) is 5.69 Å². The van der Waals surface area contributed by atoms with Crippen LogP contribution in [0.5, 0.6) is 0 Å². The van der Waals surface area contributed by atoms with Gasteiger partial charge in [-0.05, 0) is 35.7 Å². The first-order valence-electron chi connectivity index (χ1n) is 9.30. The molecule has 0 aliphatic carbocycles. The van der Waals surface area contributed by atoms with Crippen LogP contribution >= 0.6 is 0 Å². The smallest absolute Gasteiger partial charge is 0.252 e. The van der Waals surface area contributed by atoms with Crippen molar-refractivity contribution < 1.29 is 9.59 Å². The minimum atomic E-state index is -0.279. The fourth-order valence-corrected chi connectivity index (χ4v) is 3.75. The lowest BCUT2D eigenvalue weighted by Crippen LogP contribution is -2.24. The lowest BCUT2D eigenvalue weighted by molar-refractivity contribution is -0.116. The zero-order valence-corrected chi connectivity index (χ0v) is 15.5. The SMILES string of the molecule is CC(C)Cn1ccc2c(NC(=O)C[C@H]3NC(=O)c4ccccc43)cccc21. The lowest BCUT2D eigenvalue weighted by atomic mass is 10.0. The first-order chi connectivity index (χ1) is 13.0. The van der Waals surface area contributed by atoms with E-state index in [4.69, 9.17) is 0 Å². The Kier molecular flexibility index (Phi) is 4.44. The van der Waals surface area contributed by atoms with E-state index in [-0.39, 0.29) is 24.3 Å². The van der Waals surface area contributed by atoms with Gasteiger partial charge in [-0.3, -0.25) is 9.59 Å². The van der Waals surface area contributed by atoms with Gasteiger partial charge in [-0.1, -0.05) is 38.1 Å². The van der Waals surface area contributed by atoms with Crippen molar-refractivity contribution in [2.45, 2.75) is 32.9 Å². The summed E-state index contributed by atoms with van der Waals surface area (Å²) in [6.45, 7) is 5.31. The number of amides is 2. The fraction of sp³-hybridized carbons (Fsp3) is 0.273. The molecule has 1 atom stereocenters. The number of carbonyl (C=O) groups excluding carboxylic acids is 2. The van der Waals surface area contributed by atoms with E-state index in [1.165, 1.54) is 0 Å². The number of carbonyl (C=O) groups is 2. The van der Waals surface area contributed by atoms with Crippen LogP contribution in [0.3, 0.4) is 0 Å². The largest absolute Gasteiger partial charge is 0.347 e. The molecule has 5 heteroatoms. The van der Waals surface area contributed by atoms with Gasteiger partial charge in [0.15, 0.2) is 0 Å². The number of nitrogens with zero attached hydrogens (tertiary/aromatic N) is 1. The van der Waals surface area contributed by atoms with E-state index < -0.39 is 0 Å². The van der Waals surface area contributed by atoms with Gasteiger partial charge in [0.25, 0.3) is 5.91 Å². The van der Waals surface area contributed by atoms with Crippen LogP contribution in [0.25, 0.3) is 10.9 Å². The molecule has 4 rings (SSSR count). The van der Waals surface area contributed by atoms with E-state index in [2.05, 4.69) is 41.3 Å². The Morgan fingerprint density at radius 3 is 2.78 bits per heavy atom. The molecule has 5 nitrogen and oxygen atoms in total. The predicted octanol–water partition coefficient (Wildman–Crippen LogP) is 4.11. The standard InChI is InChI=1S/C22H23N3O2/c1-14(2)13-25-11-10-17-18(8-5-9-20(17)25)23-21(26)12-19-15-6-3-4-7-16(15)22(27)24-19/h3-11,14,19H,12-13H2,1-2H3,(H,23,26)(H,24,27)/t19-/m1/s1. The summed E-state index contributed by atoms with van der Waals surface area (Å²) >= 11 is 0. The van der Waals surface area contributed by atoms with Gasteiger partial charge in [-0.15, -0.1) is 0 Å². The van der Waals surface area contributed by atoms with Gasteiger partial charge in [-0.2, -0.15) is 0 Å². The number of hydrogen-bond acceptors (Lipinski definition) is 2. The Hall–Kier alpha value is -3.08. The Morgan fingerprint density at radius 2 is 1.96 bits per heavy atom. The second kappa shape index (κ2) is 6.91. The molecule has 0 fully saturated rings. The normalized spacial score (nSPS) is 15.8. The van der Waals surface area contributed by atoms with Crippen molar-refractivity contribution in [1.29, 1.82) is 0 Å². The van der Waals surface area contributed by atoms with Crippen LogP contribution in [0, 0.1) is 5.92 Å².